The van der Waals surface area contributed by atoms with Crippen molar-refractivity contribution in [3.05, 3.63) is 34.1 Å². The van der Waals surface area contributed by atoms with Crippen molar-refractivity contribution in [2.75, 3.05) is 19.8 Å². The summed E-state index contributed by atoms with van der Waals surface area (Å²) in [5.41, 5.74) is 1.16. The van der Waals surface area contributed by atoms with E-state index in [9.17, 15) is 4.39 Å². The molecule has 0 aromatic heterocycles. The predicted octanol–water partition coefficient (Wildman–Crippen LogP) is 4.32. The summed E-state index contributed by atoms with van der Waals surface area (Å²) in [5.74, 6) is -0.205. The zero-order valence-electron chi connectivity index (χ0n) is 12.4. The van der Waals surface area contributed by atoms with E-state index < -0.39 is 0 Å². The third-order valence-corrected chi connectivity index (χ3v) is 3.80. The maximum Gasteiger partial charge on any atom is 0.137 e. The fraction of sp³-hybridized carbons (Fsp3) is 0.625. The molecule has 1 atom stereocenters. The largest absolute Gasteiger partial charge is 0.382 e. The summed E-state index contributed by atoms with van der Waals surface area (Å²) in [4.78, 5) is 0. The Morgan fingerprint density at radius 3 is 2.80 bits per heavy atom. The lowest BCUT2D eigenvalue weighted by molar-refractivity contribution is 0.140. The zero-order chi connectivity index (χ0) is 14.8. The van der Waals surface area contributed by atoms with Gasteiger partial charge in [0.15, 0.2) is 0 Å². The molecule has 0 aliphatic carbocycles. The van der Waals surface area contributed by atoms with Crippen molar-refractivity contribution in [3.63, 3.8) is 0 Å². The summed E-state index contributed by atoms with van der Waals surface area (Å²) in [6.45, 7) is 6.79. The highest BCUT2D eigenvalue weighted by atomic mass is 79.9. The van der Waals surface area contributed by atoms with Crippen LogP contribution < -0.4 is 5.32 Å². The van der Waals surface area contributed by atoms with Crippen LogP contribution in [-0.4, -0.2) is 25.8 Å². The molecule has 1 rings (SSSR count). The van der Waals surface area contributed by atoms with E-state index in [-0.39, 0.29) is 5.82 Å². The first kappa shape index (κ1) is 17.6. The number of ether oxygens (including phenoxy) is 1. The highest BCUT2D eigenvalue weighted by molar-refractivity contribution is 9.10. The number of hydrogen-bond acceptors (Lipinski definition) is 2. The molecule has 0 radical (unpaired) electrons. The van der Waals surface area contributed by atoms with Crippen molar-refractivity contribution in [1.29, 1.82) is 0 Å². The minimum absolute atomic E-state index is 0.205. The number of benzene rings is 1. The molecule has 1 unspecified atom stereocenters. The monoisotopic (exact) mass is 345 g/mol. The lowest BCUT2D eigenvalue weighted by atomic mass is 10.0. The molecule has 0 bridgehead atoms. The van der Waals surface area contributed by atoms with E-state index in [1.807, 2.05) is 19.1 Å². The maximum atomic E-state index is 13.2. The van der Waals surface area contributed by atoms with Gasteiger partial charge in [0, 0.05) is 19.3 Å². The van der Waals surface area contributed by atoms with Gasteiger partial charge >= 0.3 is 0 Å². The summed E-state index contributed by atoms with van der Waals surface area (Å²) in [7, 11) is 0. The minimum atomic E-state index is -0.205. The quantitative estimate of drug-likeness (QED) is 0.637. The molecule has 20 heavy (non-hydrogen) atoms. The molecular weight excluding hydrogens is 321 g/mol. The Balaban J connectivity index is 2.51. The van der Waals surface area contributed by atoms with E-state index in [0.29, 0.717) is 10.5 Å². The lowest BCUT2D eigenvalue weighted by Crippen LogP contribution is -2.32. The predicted molar refractivity (Wildman–Crippen MR) is 85.6 cm³/mol. The third kappa shape index (κ3) is 6.82. The number of rotatable bonds is 10. The topological polar surface area (TPSA) is 21.3 Å². The first-order valence-electron chi connectivity index (χ1n) is 7.42. The van der Waals surface area contributed by atoms with Gasteiger partial charge < -0.3 is 10.1 Å². The molecule has 0 saturated heterocycles. The highest BCUT2D eigenvalue weighted by Crippen LogP contribution is 2.18. The minimum Gasteiger partial charge on any atom is -0.382 e. The second kappa shape index (κ2) is 10.3. The average molecular weight is 346 g/mol. The molecule has 0 aliphatic rings. The van der Waals surface area contributed by atoms with Crippen LogP contribution in [0, 0.1) is 5.82 Å². The van der Waals surface area contributed by atoms with Crippen molar-refractivity contribution >= 4 is 15.9 Å². The van der Waals surface area contributed by atoms with Crippen LogP contribution in [0.4, 0.5) is 4.39 Å². The van der Waals surface area contributed by atoms with Gasteiger partial charge in [-0.05, 0) is 72.8 Å². The van der Waals surface area contributed by atoms with E-state index in [4.69, 9.17) is 4.74 Å². The van der Waals surface area contributed by atoms with E-state index in [1.54, 1.807) is 0 Å². The molecule has 114 valence electrons. The maximum absolute atomic E-state index is 13.2. The molecule has 2 nitrogen and oxygen atoms in total. The number of hydrogen-bond donors (Lipinski definition) is 1. The van der Waals surface area contributed by atoms with Gasteiger partial charge in [0.1, 0.15) is 5.82 Å². The fourth-order valence-electron chi connectivity index (χ4n) is 2.15. The molecular formula is C16H25BrFNO. The van der Waals surface area contributed by atoms with Gasteiger partial charge in [-0.3, -0.25) is 0 Å². The Labute approximate surface area is 130 Å². The molecule has 0 saturated carbocycles. The summed E-state index contributed by atoms with van der Waals surface area (Å²) in [5, 5.41) is 3.56. The van der Waals surface area contributed by atoms with Crippen LogP contribution in [0.1, 0.15) is 38.7 Å². The average Bonchev–Trinajstić information content (AvgIpc) is 2.44. The number of nitrogens with one attached hydrogen (secondary N) is 1. The van der Waals surface area contributed by atoms with Gasteiger partial charge in [-0.2, -0.15) is 0 Å². The normalized spacial score (nSPS) is 12.6. The molecule has 1 N–H and O–H groups in total. The van der Waals surface area contributed by atoms with Gasteiger partial charge in [0.05, 0.1) is 4.47 Å². The SMILES string of the molecule is CCCNC(CCCOCC)Cc1ccc(F)c(Br)c1. The van der Waals surface area contributed by atoms with Crippen molar-refractivity contribution in [2.24, 2.45) is 0 Å². The van der Waals surface area contributed by atoms with Crippen LogP contribution in [0.15, 0.2) is 22.7 Å². The molecule has 4 heteroatoms. The third-order valence-electron chi connectivity index (χ3n) is 3.19. The second-order valence-electron chi connectivity index (χ2n) is 4.94. The van der Waals surface area contributed by atoms with Crippen molar-refractivity contribution in [2.45, 2.75) is 45.6 Å². The van der Waals surface area contributed by atoms with Gasteiger partial charge in [-0.15, -0.1) is 0 Å². The Kier molecular flexibility index (Phi) is 9.07. The van der Waals surface area contributed by atoms with Gasteiger partial charge in [-0.25, -0.2) is 4.39 Å². The van der Waals surface area contributed by atoms with Crippen molar-refractivity contribution < 1.29 is 9.13 Å². The van der Waals surface area contributed by atoms with Crippen molar-refractivity contribution in [1.82, 2.24) is 5.32 Å². The summed E-state index contributed by atoms with van der Waals surface area (Å²) < 4.78 is 19.2. The molecule has 1 aromatic rings. The van der Waals surface area contributed by atoms with Crippen LogP contribution in [0.25, 0.3) is 0 Å². The van der Waals surface area contributed by atoms with E-state index >= 15 is 0 Å². The van der Waals surface area contributed by atoms with Crippen LogP contribution in [0.5, 0.6) is 0 Å². The first-order valence-corrected chi connectivity index (χ1v) is 8.21. The molecule has 0 amide bonds. The van der Waals surface area contributed by atoms with Crippen LogP contribution >= 0.6 is 15.9 Å². The summed E-state index contributed by atoms with van der Waals surface area (Å²) >= 11 is 3.25. The lowest BCUT2D eigenvalue weighted by Gasteiger charge is -2.19. The van der Waals surface area contributed by atoms with Gasteiger partial charge in [0.2, 0.25) is 0 Å². The molecule has 0 fully saturated rings. The zero-order valence-corrected chi connectivity index (χ0v) is 14.0. The Bertz CT molecular complexity index is 387. The first-order chi connectivity index (χ1) is 9.67. The molecule has 0 heterocycles. The van der Waals surface area contributed by atoms with E-state index in [2.05, 4.69) is 28.2 Å². The fourth-order valence-corrected chi connectivity index (χ4v) is 2.58. The smallest absolute Gasteiger partial charge is 0.137 e. The van der Waals surface area contributed by atoms with Crippen LogP contribution in [0.2, 0.25) is 0 Å². The molecule has 0 aliphatic heterocycles. The van der Waals surface area contributed by atoms with Crippen LogP contribution in [-0.2, 0) is 11.2 Å². The highest BCUT2D eigenvalue weighted by Gasteiger charge is 2.10. The van der Waals surface area contributed by atoms with E-state index in [1.165, 1.54) is 6.07 Å². The van der Waals surface area contributed by atoms with Gasteiger partial charge in [-0.1, -0.05) is 13.0 Å². The Morgan fingerprint density at radius 1 is 1.35 bits per heavy atom. The summed E-state index contributed by atoms with van der Waals surface area (Å²) in [6, 6.07) is 5.69. The second-order valence-corrected chi connectivity index (χ2v) is 5.80. The molecule has 0 spiro atoms. The van der Waals surface area contributed by atoms with E-state index in [0.717, 1.165) is 51.0 Å². The van der Waals surface area contributed by atoms with Crippen LogP contribution in [0.3, 0.4) is 0 Å². The Morgan fingerprint density at radius 2 is 2.15 bits per heavy atom. The standard InChI is InChI=1S/C16H25BrFNO/c1-3-9-19-14(6-5-10-20-4-2)11-13-7-8-16(18)15(17)12-13/h7-8,12,14,19H,3-6,9-11H2,1-2H3. The number of halogens is 2. The molecule has 1 aromatic carbocycles. The van der Waals surface area contributed by atoms with Gasteiger partial charge in [0.25, 0.3) is 0 Å². The van der Waals surface area contributed by atoms with Crippen molar-refractivity contribution in [3.8, 4) is 0 Å². The Hall–Kier alpha value is -0.450. The summed E-state index contributed by atoms with van der Waals surface area (Å²) in [6.07, 6.45) is 4.17.